The number of nitrogens with one attached hydrogen (secondary N) is 1. The van der Waals surface area contributed by atoms with E-state index in [9.17, 15) is 9.18 Å². The number of halogens is 2. The summed E-state index contributed by atoms with van der Waals surface area (Å²) in [7, 11) is 0. The average Bonchev–Trinajstić information content (AvgIpc) is 3.43. The van der Waals surface area contributed by atoms with E-state index < -0.39 is 0 Å². The Morgan fingerprint density at radius 3 is 2.57 bits per heavy atom. The Morgan fingerprint density at radius 2 is 1.87 bits per heavy atom. The van der Waals surface area contributed by atoms with Gasteiger partial charge in [0.15, 0.2) is 16.7 Å². The van der Waals surface area contributed by atoms with Gasteiger partial charge in [-0.2, -0.15) is 0 Å². The molecule has 0 aliphatic rings. The van der Waals surface area contributed by atoms with Crippen molar-refractivity contribution < 1.29 is 13.6 Å². The smallest absolute Gasteiger partial charge is 0.287 e. The minimum atomic E-state index is -0.349. The largest absolute Gasteiger partial charge is 0.459 e. The third kappa shape index (κ3) is 4.80. The number of amides is 1. The molecule has 1 N–H and O–H groups in total. The highest BCUT2D eigenvalue weighted by molar-refractivity contribution is 9.10. The van der Waals surface area contributed by atoms with Crippen molar-refractivity contribution in [2.45, 2.75) is 17.5 Å². The topological polar surface area (TPSA) is 73.0 Å². The number of rotatable bonds is 7. The Labute approximate surface area is 184 Å². The number of nitrogens with zero attached hydrogens (tertiary/aromatic N) is 3. The van der Waals surface area contributed by atoms with E-state index in [0.29, 0.717) is 22.4 Å². The van der Waals surface area contributed by atoms with Gasteiger partial charge in [0.25, 0.3) is 5.91 Å². The molecule has 152 valence electrons. The van der Waals surface area contributed by atoms with Crippen LogP contribution >= 0.6 is 27.7 Å². The Morgan fingerprint density at radius 1 is 1.10 bits per heavy atom. The van der Waals surface area contributed by atoms with E-state index in [0.717, 1.165) is 10.0 Å². The van der Waals surface area contributed by atoms with Crippen molar-refractivity contribution in [2.75, 3.05) is 0 Å². The zero-order valence-electron chi connectivity index (χ0n) is 15.6. The van der Waals surface area contributed by atoms with E-state index in [1.54, 1.807) is 24.3 Å². The van der Waals surface area contributed by atoms with E-state index in [4.69, 9.17) is 4.42 Å². The first-order valence-corrected chi connectivity index (χ1v) is 10.8. The highest BCUT2D eigenvalue weighted by Crippen LogP contribution is 2.26. The summed E-state index contributed by atoms with van der Waals surface area (Å²) in [5.41, 5.74) is 1.84. The molecular weight excluding hydrogens is 471 g/mol. The van der Waals surface area contributed by atoms with Crippen molar-refractivity contribution in [1.82, 2.24) is 20.1 Å². The van der Waals surface area contributed by atoms with Gasteiger partial charge in [-0.05, 0) is 54.1 Å². The second-order valence-corrected chi connectivity index (χ2v) is 8.14. The van der Waals surface area contributed by atoms with Gasteiger partial charge in [0.05, 0.1) is 12.8 Å². The van der Waals surface area contributed by atoms with Gasteiger partial charge in [-0.15, -0.1) is 10.2 Å². The fraction of sp³-hybridized carbons (Fsp3) is 0.0952. The normalized spacial score (nSPS) is 10.9. The first-order chi connectivity index (χ1) is 14.6. The van der Waals surface area contributed by atoms with Gasteiger partial charge in [0.1, 0.15) is 5.82 Å². The molecule has 2 aromatic carbocycles. The zero-order chi connectivity index (χ0) is 20.9. The fourth-order valence-corrected chi connectivity index (χ4v) is 3.93. The van der Waals surface area contributed by atoms with Crippen molar-refractivity contribution in [3.63, 3.8) is 0 Å². The molecular formula is C21H16BrFN4O2S. The molecule has 2 heterocycles. The quantitative estimate of drug-likeness (QED) is 0.372. The number of hydrogen-bond donors (Lipinski definition) is 1. The van der Waals surface area contributed by atoms with Gasteiger partial charge >= 0.3 is 0 Å². The van der Waals surface area contributed by atoms with Crippen molar-refractivity contribution in [1.29, 1.82) is 0 Å². The van der Waals surface area contributed by atoms with Gasteiger partial charge in [0, 0.05) is 15.9 Å². The molecule has 6 nitrogen and oxygen atoms in total. The van der Waals surface area contributed by atoms with Crippen LogP contribution < -0.4 is 5.32 Å². The summed E-state index contributed by atoms with van der Waals surface area (Å²) in [6.07, 6.45) is 1.44. The molecule has 0 bridgehead atoms. The molecule has 0 aliphatic heterocycles. The lowest BCUT2D eigenvalue weighted by Gasteiger charge is -2.11. The lowest BCUT2D eigenvalue weighted by Crippen LogP contribution is -2.24. The molecule has 1 amide bonds. The Hall–Kier alpha value is -2.91. The predicted molar refractivity (Wildman–Crippen MR) is 115 cm³/mol. The Kier molecular flexibility index (Phi) is 6.29. The van der Waals surface area contributed by atoms with Crippen LogP contribution in [0.15, 0.2) is 81.0 Å². The van der Waals surface area contributed by atoms with Crippen LogP contribution in [0.3, 0.4) is 0 Å². The molecule has 0 saturated carbocycles. The second-order valence-electron chi connectivity index (χ2n) is 6.29. The van der Waals surface area contributed by atoms with Gasteiger partial charge in [-0.25, -0.2) is 4.39 Å². The van der Waals surface area contributed by atoms with Gasteiger partial charge in [-0.1, -0.05) is 39.8 Å². The summed E-state index contributed by atoms with van der Waals surface area (Å²) in [6, 6.07) is 17.3. The number of carbonyl (C=O) groups excluding carboxylic acids is 1. The van der Waals surface area contributed by atoms with Gasteiger partial charge in [0.2, 0.25) is 0 Å². The van der Waals surface area contributed by atoms with Crippen LogP contribution in [0.1, 0.15) is 21.9 Å². The van der Waals surface area contributed by atoms with E-state index in [1.165, 1.54) is 30.2 Å². The summed E-state index contributed by atoms with van der Waals surface area (Å²) >= 11 is 4.94. The van der Waals surface area contributed by atoms with Crippen LogP contribution in [-0.2, 0) is 12.3 Å². The maximum atomic E-state index is 13.4. The molecule has 9 heteroatoms. The minimum Gasteiger partial charge on any atom is -0.459 e. The van der Waals surface area contributed by atoms with Crippen molar-refractivity contribution in [3.05, 3.63) is 94.4 Å². The molecule has 0 fully saturated rings. The highest BCUT2D eigenvalue weighted by atomic mass is 79.9. The van der Waals surface area contributed by atoms with Crippen molar-refractivity contribution >= 4 is 33.6 Å². The maximum absolute atomic E-state index is 13.4. The van der Waals surface area contributed by atoms with E-state index in [1.807, 2.05) is 28.8 Å². The lowest BCUT2D eigenvalue weighted by molar-refractivity contribution is 0.0922. The maximum Gasteiger partial charge on any atom is 0.287 e. The van der Waals surface area contributed by atoms with Crippen LogP contribution in [0.5, 0.6) is 0 Å². The summed E-state index contributed by atoms with van der Waals surface area (Å²) in [6.45, 7) is 0.142. The van der Waals surface area contributed by atoms with Crippen LogP contribution in [0.2, 0.25) is 0 Å². The fourth-order valence-electron chi connectivity index (χ4n) is 2.74. The molecule has 0 aliphatic carbocycles. The standard InChI is InChI=1S/C21H16BrFN4O2S/c22-15-5-3-14(4-6-15)13-30-21-26-25-19(12-24-20(28)18-2-1-11-29-18)27(21)17-9-7-16(23)8-10-17/h1-11H,12-13H2,(H,24,28). The number of hydrogen-bond acceptors (Lipinski definition) is 5. The van der Waals surface area contributed by atoms with Crippen molar-refractivity contribution in [3.8, 4) is 5.69 Å². The van der Waals surface area contributed by atoms with E-state index in [2.05, 4.69) is 31.4 Å². The molecule has 0 spiro atoms. The number of aromatic nitrogens is 3. The summed E-state index contributed by atoms with van der Waals surface area (Å²) < 4.78 is 21.4. The SMILES string of the molecule is O=C(NCc1nnc(SCc2ccc(Br)cc2)n1-c1ccc(F)cc1)c1ccco1. The Bertz CT molecular complexity index is 1130. The first kappa shape index (κ1) is 20.4. The summed E-state index contributed by atoms with van der Waals surface area (Å²) in [5.74, 6) is 0.750. The van der Waals surface area contributed by atoms with Gasteiger partial charge < -0.3 is 9.73 Å². The van der Waals surface area contributed by atoms with Crippen molar-refractivity contribution in [2.24, 2.45) is 0 Å². The highest BCUT2D eigenvalue weighted by Gasteiger charge is 2.17. The van der Waals surface area contributed by atoms with Gasteiger partial charge in [-0.3, -0.25) is 9.36 Å². The van der Waals surface area contributed by atoms with E-state index in [-0.39, 0.29) is 24.0 Å². The number of benzene rings is 2. The third-order valence-corrected chi connectivity index (χ3v) is 5.75. The summed E-state index contributed by atoms with van der Waals surface area (Å²) in [5, 5.41) is 11.9. The average molecular weight is 487 g/mol. The molecule has 0 radical (unpaired) electrons. The molecule has 0 atom stereocenters. The third-order valence-electron chi connectivity index (χ3n) is 4.22. The second kappa shape index (κ2) is 9.27. The van der Waals surface area contributed by atoms with Crippen LogP contribution in [0, 0.1) is 5.82 Å². The van der Waals surface area contributed by atoms with Crippen LogP contribution in [0.4, 0.5) is 4.39 Å². The van der Waals surface area contributed by atoms with E-state index >= 15 is 0 Å². The molecule has 4 rings (SSSR count). The number of carbonyl (C=O) groups is 1. The predicted octanol–water partition coefficient (Wildman–Crippen LogP) is 4.98. The molecule has 4 aromatic rings. The van der Waals surface area contributed by atoms with Crippen LogP contribution in [-0.4, -0.2) is 20.7 Å². The molecule has 0 saturated heterocycles. The molecule has 2 aromatic heterocycles. The monoisotopic (exact) mass is 486 g/mol. The van der Waals surface area contributed by atoms with Crippen LogP contribution in [0.25, 0.3) is 5.69 Å². The minimum absolute atomic E-state index is 0.142. The molecule has 0 unspecified atom stereocenters. The lowest BCUT2D eigenvalue weighted by atomic mass is 10.2. The molecule has 30 heavy (non-hydrogen) atoms. The first-order valence-electron chi connectivity index (χ1n) is 8.99. The number of thioether (sulfide) groups is 1. The number of furan rings is 1. The zero-order valence-corrected chi connectivity index (χ0v) is 18.0. The summed E-state index contributed by atoms with van der Waals surface area (Å²) in [4.78, 5) is 12.2. The Balaban J connectivity index is 1.57.